The van der Waals surface area contributed by atoms with Crippen LogP contribution in [0.4, 0.5) is 4.39 Å². The van der Waals surface area contributed by atoms with Gasteiger partial charge in [-0.05, 0) is 31.5 Å². The summed E-state index contributed by atoms with van der Waals surface area (Å²) in [5.74, 6) is -1.80. The Morgan fingerprint density at radius 2 is 2.08 bits per heavy atom. The summed E-state index contributed by atoms with van der Waals surface area (Å²) in [4.78, 5) is 27.8. The number of halogens is 2. The number of hydrogen-bond donors (Lipinski definition) is 2. The number of ketones is 1. The molecular formula is C18H19ClFN3O2. The largest absolute Gasteiger partial charge is 0.368 e. The zero-order valence-electron chi connectivity index (χ0n) is 13.9. The Labute approximate surface area is 150 Å². The predicted octanol–water partition coefficient (Wildman–Crippen LogP) is 3.02. The number of nitrogens with zero attached hydrogens (tertiary/aromatic N) is 1. The summed E-state index contributed by atoms with van der Waals surface area (Å²) in [5, 5.41) is 2.99. The smallest absolute Gasteiger partial charge is 0.234 e. The van der Waals surface area contributed by atoms with Crippen molar-refractivity contribution in [2.75, 3.05) is 0 Å². The van der Waals surface area contributed by atoms with Crippen LogP contribution in [-0.2, 0) is 4.79 Å². The number of carbonyl (C=O) groups is 2. The summed E-state index contributed by atoms with van der Waals surface area (Å²) < 4.78 is 15.1. The van der Waals surface area contributed by atoms with E-state index in [2.05, 4.69) is 10.3 Å². The Kier molecular flexibility index (Phi) is 6.22. The molecule has 3 N–H and O–H groups in total. The molecule has 0 radical (unpaired) electrons. The van der Waals surface area contributed by atoms with Crippen LogP contribution in [0.15, 0.2) is 36.7 Å². The molecule has 7 heteroatoms. The van der Waals surface area contributed by atoms with Gasteiger partial charge < -0.3 is 5.73 Å². The van der Waals surface area contributed by atoms with Crippen molar-refractivity contribution in [1.82, 2.24) is 10.3 Å². The maximum atomic E-state index is 15.1. The Morgan fingerprint density at radius 3 is 2.64 bits per heavy atom. The first-order chi connectivity index (χ1) is 11.9. The number of aromatic nitrogens is 1. The first kappa shape index (κ1) is 19.0. The molecule has 132 valence electrons. The second-order valence-electron chi connectivity index (χ2n) is 5.65. The van der Waals surface area contributed by atoms with E-state index in [0.29, 0.717) is 6.42 Å². The van der Waals surface area contributed by atoms with E-state index in [-0.39, 0.29) is 21.7 Å². The molecule has 1 amide bonds. The summed E-state index contributed by atoms with van der Waals surface area (Å²) >= 11 is 6.07. The zero-order valence-corrected chi connectivity index (χ0v) is 14.7. The lowest BCUT2D eigenvalue weighted by molar-refractivity contribution is -0.119. The van der Waals surface area contributed by atoms with Crippen molar-refractivity contribution in [2.45, 2.75) is 32.4 Å². The average molecular weight is 364 g/mol. The number of primary amides is 1. The summed E-state index contributed by atoms with van der Waals surface area (Å²) in [6.45, 7) is 3.43. The third-order valence-corrected chi connectivity index (χ3v) is 4.25. The second kappa shape index (κ2) is 8.18. The van der Waals surface area contributed by atoms with E-state index in [9.17, 15) is 9.59 Å². The molecule has 25 heavy (non-hydrogen) atoms. The lowest BCUT2D eigenvalue weighted by Gasteiger charge is -2.22. The second-order valence-corrected chi connectivity index (χ2v) is 6.06. The summed E-state index contributed by atoms with van der Waals surface area (Å²) in [7, 11) is 0. The topological polar surface area (TPSA) is 85.1 Å². The molecule has 5 nitrogen and oxygen atoms in total. The number of amides is 1. The minimum atomic E-state index is -0.711. The molecule has 0 fully saturated rings. The van der Waals surface area contributed by atoms with E-state index in [0.717, 1.165) is 0 Å². The lowest BCUT2D eigenvalue weighted by Crippen LogP contribution is -2.41. The Balaban J connectivity index is 2.45. The van der Waals surface area contributed by atoms with Gasteiger partial charge in [0.05, 0.1) is 16.6 Å². The summed E-state index contributed by atoms with van der Waals surface area (Å²) in [6.07, 6.45) is 3.37. The molecule has 0 bridgehead atoms. The molecular weight excluding hydrogens is 345 g/mol. The van der Waals surface area contributed by atoms with Gasteiger partial charge in [-0.2, -0.15) is 0 Å². The van der Waals surface area contributed by atoms with Crippen molar-refractivity contribution in [3.8, 4) is 0 Å². The van der Waals surface area contributed by atoms with E-state index in [1.807, 2.05) is 6.92 Å². The maximum Gasteiger partial charge on any atom is 0.234 e. The average Bonchev–Trinajstić information content (AvgIpc) is 2.60. The molecule has 2 atom stereocenters. The lowest BCUT2D eigenvalue weighted by atomic mass is 9.96. The fraction of sp³-hybridized carbons (Fsp3) is 0.278. The molecule has 0 saturated heterocycles. The highest BCUT2D eigenvalue weighted by Gasteiger charge is 2.25. The fourth-order valence-electron chi connectivity index (χ4n) is 2.50. The van der Waals surface area contributed by atoms with Crippen LogP contribution in [0, 0.1) is 5.82 Å². The van der Waals surface area contributed by atoms with Crippen molar-refractivity contribution in [3.05, 3.63) is 64.2 Å². The Bertz CT molecular complexity index is 783. The summed E-state index contributed by atoms with van der Waals surface area (Å²) in [6, 6.07) is 4.99. The number of hydrogen-bond acceptors (Lipinski definition) is 4. The third-order valence-electron chi connectivity index (χ3n) is 3.93. The molecule has 0 aliphatic heterocycles. The van der Waals surface area contributed by atoms with Gasteiger partial charge in [-0.1, -0.05) is 24.6 Å². The quantitative estimate of drug-likeness (QED) is 0.740. The van der Waals surface area contributed by atoms with E-state index in [1.54, 1.807) is 19.1 Å². The van der Waals surface area contributed by atoms with Gasteiger partial charge in [0.15, 0.2) is 5.78 Å². The maximum absolute atomic E-state index is 15.1. The Hall–Kier alpha value is -2.31. The van der Waals surface area contributed by atoms with Crippen LogP contribution in [-0.4, -0.2) is 22.7 Å². The van der Waals surface area contributed by atoms with Crippen molar-refractivity contribution >= 4 is 23.3 Å². The molecule has 0 unspecified atom stereocenters. The van der Waals surface area contributed by atoms with Gasteiger partial charge in [0.2, 0.25) is 5.91 Å². The molecule has 1 heterocycles. The van der Waals surface area contributed by atoms with E-state index in [1.165, 1.54) is 24.5 Å². The highest BCUT2D eigenvalue weighted by Crippen LogP contribution is 2.29. The minimum absolute atomic E-state index is 0.0212. The molecule has 0 aliphatic rings. The van der Waals surface area contributed by atoms with Crippen LogP contribution in [0.25, 0.3) is 0 Å². The summed E-state index contributed by atoms with van der Waals surface area (Å²) in [5.41, 5.74) is 5.55. The SMILES string of the molecule is CC[C@@H](N[C@H](C)C(N)=O)c1ccc(Cl)c(C(=O)c2cccnc2)c1F. The molecule has 1 aromatic heterocycles. The monoisotopic (exact) mass is 363 g/mol. The van der Waals surface area contributed by atoms with Crippen molar-refractivity contribution in [3.63, 3.8) is 0 Å². The first-order valence-electron chi connectivity index (χ1n) is 7.84. The van der Waals surface area contributed by atoms with Crippen LogP contribution < -0.4 is 11.1 Å². The van der Waals surface area contributed by atoms with E-state index < -0.39 is 29.6 Å². The number of pyridine rings is 1. The van der Waals surface area contributed by atoms with Crippen LogP contribution in [0.5, 0.6) is 0 Å². The highest BCUT2D eigenvalue weighted by atomic mass is 35.5. The number of benzene rings is 1. The van der Waals surface area contributed by atoms with Crippen molar-refractivity contribution in [2.24, 2.45) is 5.73 Å². The number of nitrogens with two attached hydrogens (primary N) is 1. The number of rotatable bonds is 7. The van der Waals surface area contributed by atoms with Crippen molar-refractivity contribution < 1.29 is 14.0 Å². The van der Waals surface area contributed by atoms with E-state index in [4.69, 9.17) is 17.3 Å². The fourth-order valence-corrected chi connectivity index (χ4v) is 2.73. The van der Waals surface area contributed by atoms with Crippen LogP contribution in [0.3, 0.4) is 0 Å². The van der Waals surface area contributed by atoms with Gasteiger partial charge in [0.25, 0.3) is 0 Å². The predicted molar refractivity (Wildman–Crippen MR) is 93.9 cm³/mol. The molecule has 2 rings (SSSR count). The first-order valence-corrected chi connectivity index (χ1v) is 8.22. The normalized spacial score (nSPS) is 13.3. The standard InChI is InChI=1S/C18H19ClFN3O2/c1-3-14(23-10(2)18(21)25)12-6-7-13(19)15(16(12)20)17(24)11-5-4-8-22-9-11/h4-10,14,23H,3H2,1-2H3,(H2,21,25)/t10-,14-/m1/s1. The third kappa shape index (κ3) is 4.21. The van der Waals surface area contributed by atoms with Gasteiger partial charge in [-0.15, -0.1) is 0 Å². The number of carbonyl (C=O) groups excluding carboxylic acids is 2. The number of nitrogens with one attached hydrogen (secondary N) is 1. The molecule has 1 aromatic carbocycles. The highest BCUT2D eigenvalue weighted by molar-refractivity contribution is 6.35. The molecule has 2 aromatic rings. The van der Waals surface area contributed by atoms with Gasteiger partial charge >= 0.3 is 0 Å². The van der Waals surface area contributed by atoms with Gasteiger partial charge in [-0.25, -0.2) is 4.39 Å². The van der Waals surface area contributed by atoms with Gasteiger partial charge in [0, 0.05) is 29.6 Å². The van der Waals surface area contributed by atoms with Gasteiger partial charge in [0.1, 0.15) is 5.82 Å². The van der Waals surface area contributed by atoms with Crippen LogP contribution in [0.1, 0.15) is 47.8 Å². The Morgan fingerprint density at radius 1 is 1.36 bits per heavy atom. The molecule has 0 aliphatic carbocycles. The molecule has 0 saturated carbocycles. The minimum Gasteiger partial charge on any atom is -0.368 e. The molecule has 0 spiro atoms. The zero-order chi connectivity index (χ0) is 18.6. The van der Waals surface area contributed by atoms with Crippen LogP contribution in [0.2, 0.25) is 5.02 Å². The van der Waals surface area contributed by atoms with Gasteiger partial charge in [-0.3, -0.25) is 19.9 Å². The van der Waals surface area contributed by atoms with Crippen LogP contribution >= 0.6 is 11.6 Å². The van der Waals surface area contributed by atoms with Crippen molar-refractivity contribution in [1.29, 1.82) is 0 Å². The van der Waals surface area contributed by atoms with E-state index >= 15 is 4.39 Å².